The molecule has 10 heteroatoms. The van der Waals surface area contributed by atoms with E-state index in [1.807, 2.05) is 4.68 Å². The Labute approximate surface area is 154 Å². The van der Waals surface area contributed by atoms with Crippen LogP contribution in [0.2, 0.25) is 0 Å². The number of carbonyl (C=O) groups excluding carboxylic acids is 1. The number of non-ortho nitro benzene ring substituents is 1. The first-order valence-corrected chi connectivity index (χ1v) is 9.46. The number of carbonyl (C=O) groups is 1. The van der Waals surface area contributed by atoms with E-state index < -0.39 is 4.92 Å². The van der Waals surface area contributed by atoms with Crippen molar-refractivity contribution in [2.75, 3.05) is 17.7 Å². The standard InChI is InChI=1S/C16H20N6O3S/c1-20(12-7-9-14(10-8-12)22(24)25)15(23)11-26-16-17-18-19-21(16)13-5-3-2-4-6-13/h7-10,13H,2-6,11H2,1H3. The van der Waals surface area contributed by atoms with Crippen LogP contribution in [0.4, 0.5) is 11.4 Å². The Morgan fingerprint density at radius 2 is 2.00 bits per heavy atom. The molecule has 138 valence electrons. The lowest BCUT2D eigenvalue weighted by molar-refractivity contribution is -0.384. The summed E-state index contributed by atoms with van der Waals surface area (Å²) in [6, 6.07) is 6.20. The van der Waals surface area contributed by atoms with E-state index in [4.69, 9.17) is 0 Å². The van der Waals surface area contributed by atoms with E-state index in [2.05, 4.69) is 15.5 Å². The summed E-state index contributed by atoms with van der Waals surface area (Å²) >= 11 is 1.31. The summed E-state index contributed by atoms with van der Waals surface area (Å²) in [5.74, 6) is 0.0719. The van der Waals surface area contributed by atoms with Crippen molar-refractivity contribution in [3.05, 3.63) is 34.4 Å². The van der Waals surface area contributed by atoms with Crippen molar-refractivity contribution in [3.63, 3.8) is 0 Å². The van der Waals surface area contributed by atoms with Crippen LogP contribution in [0.25, 0.3) is 0 Å². The van der Waals surface area contributed by atoms with Crippen LogP contribution in [0.5, 0.6) is 0 Å². The molecule has 1 saturated carbocycles. The predicted molar refractivity (Wildman–Crippen MR) is 97.2 cm³/mol. The number of aromatic nitrogens is 4. The Hall–Kier alpha value is -2.49. The fourth-order valence-electron chi connectivity index (χ4n) is 3.00. The van der Waals surface area contributed by atoms with E-state index in [0.29, 0.717) is 16.9 Å². The van der Waals surface area contributed by atoms with Crippen LogP contribution in [-0.4, -0.2) is 43.8 Å². The number of nitro benzene ring substituents is 1. The minimum absolute atomic E-state index is 0.00404. The molecule has 9 nitrogen and oxygen atoms in total. The average Bonchev–Trinajstić information content (AvgIpc) is 3.15. The van der Waals surface area contributed by atoms with E-state index in [-0.39, 0.29) is 17.3 Å². The Bertz CT molecular complexity index is 773. The molecule has 1 heterocycles. The van der Waals surface area contributed by atoms with Gasteiger partial charge in [0.1, 0.15) is 0 Å². The van der Waals surface area contributed by atoms with Crippen LogP contribution in [0.3, 0.4) is 0 Å². The highest BCUT2D eigenvalue weighted by Crippen LogP contribution is 2.30. The SMILES string of the molecule is CN(C(=O)CSc1nnnn1C1CCCCC1)c1ccc([N+](=O)[O-])cc1. The summed E-state index contributed by atoms with van der Waals surface area (Å²) < 4.78 is 1.84. The largest absolute Gasteiger partial charge is 0.315 e. The van der Waals surface area contributed by atoms with Gasteiger partial charge in [0, 0.05) is 24.9 Å². The fourth-order valence-corrected chi connectivity index (χ4v) is 3.86. The number of hydrogen-bond donors (Lipinski definition) is 0. The van der Waals surface area contributed by atoms with Gasteiger partial charge in [0.15, 0.2) is 0 Å². The van der Waals surface area contributed by atoms with Crippen LogP contribution in [0, 0.1) is 10.1 Å². The van der Waals surface area contributed by atoms with Gasteiger partial charge in [0.2, 0.25) is 11.1 Å². The van der Waals surface area contributed by atoms with E-state index in [1.54, 1.807) is 19.2 Å². The van der Waals surface area contributed by atoms with Gasteiger partial charge >= 0.3 is 0 Å². The van der Waals surface area contributed by atoms with Crippen molar-refractivity contribution in [2.45, 2.75) is 43.3 Å². The summed E-state index contributed by atoms with van der Waals surface area (Å²) in [6.07, 6.45) is 5.73. The molecule has 1 aromatic carbocycles. The molecule has 1 fully saturated rings. The van der Waals surface area contributed by atoms with Gasteiger partial charge in [-0.25, -0.2) is 4.68 Å². The van der Waals surface area contributed by atoms with Crippen molar-refractivity contribution in [1.82, 2.24) is 20.2 Å². The lowest BCUT2D eigenvalue weighted by Gasteiger charge is -2.22. The van der Waals surface area contributed by atoms with Gasteiger partial charge in [-0.1, -0.05) is 31.0 Å². The zero-order valence-electron chi connectivity index (χ0n) is 14.4. The highest BCUT2D eigenvalue weighted by molar-refractivity contribution is 7.99. The number of hydrogen-bond acceptors (Lipinski definition) is 7. The monoisotopic (exact) mass is 376 g/mol. The first kappa shape index (κ1) is 18.3. The number of thioether (sulfide) groups is 1. The third-order valence-electron chi connectivity index (χ3n) is 4.53. The predicted octanol–water partition coefficient (Wildman–Crippen LogP) is 2.84. The molecule has 0 radical (unpaired) electrons. The van der Waals surface area contributed by atoms with Crippen molar-refractivity contribution < 1.29 is 9.72 Å². The molecule has 0 atom stereocenters. The molecule has 3 rings (SSSR count). The number of rotatable bonds is 6. The molecule has 1 aliphatic carbocycles. The Kier molecular flexibility index (Phi) is 5.82. The molecule has 1 aromatic heterocycles. The lowest BCUT2D eigenvalue weighted by Crippen LogP contribution is -2.28. The fraction of sp³-hybridized carbons (Fsp3) is 0.500. The molecule has 0 N–H and O–H groups in total. The second kappa shape index (κ2) is 8.26. The Morgan fingerprint density at radius 3 is 2.65 bits per heavy atom. The summed E-state index contributed by atoms with van der Waals surface area (Å²) in [5.41, 5.74) is 0.601. The third kappa shape index (κ3) is 4.18. The van der Waals surface area contributed by atoms with E-state index in [9.17, 15) is 14.9 Å². The zero-order valence-corrected chi connectivity index (χ0v) is 15.3. The van der Waals surface area contributed by atoms with Gasteiger partial charge < -0.3 is 4.90 Å². The number of benzene rings is 1. The number of tetrazole rings is 1. The van der Waals surface area contributed by atoms with Gasteiger partial charge in [-0.2, -0.15) is 0 Å². The minimum atomic E-state index is -0.466. The molecule has 1 aliphatic rings. The van der Waals surface area contributed by atoms with Crippen LogP contribution in [0.15, 0.2) is 29.4 Å². The van der Waals surface area contributed by atoms with Crippen molar-refractivity contribution >= 4 is 29.0 Å². The van der Waals surface area contributed by atoms with Crippen LogP contribution >= 0.6 is 11.8 Å². The van der Waals surface area contributed by atoms with E-state index in [1.165, 1.54) is 48.1 Å². The summed E-state index contributed by atoms with van der Waals surface area (Å²) in [5, 5.41) is 23.3. The average molecular weight is 376 g/mol. The number of nitro groups is 1. The second-order valence-corrected chi connectivity index (χ2v) is 7.16. The Morgan fingerprint density at radius 1 is 1.31 bits per heavy atom. The second-order valence-electron chi connectivity index (χ2n) is 6.21. The summed E-state index contributed by atoms with van der Waals surface area (Å²) in [7, 11) is 1.65. The highest BCUT2D eigenvalue weighted by atomic mass is 32.2. The molecule has 0 unspecified atom stereocenters. The summed E-state index contributed by atoms with van der Waals surface area (Å²) in [4.78, 5) is 24.2. The first-order chi connectivity index (χ1) is 12.6. The van der Waals surface area contributed by atoms with Gasteiger partial charge in [-0.3, -0.25) is 14.9 Å². The zero-order chi connectivity index (χ0) is 18.5. The minimum Gasteiger partial charge on any atom is -0.315 e. The van der Waals surface area contributed by atoms with Crippen LogP contribution in [-0.2, 0) is 4.79 Å². The van der Waals surface area contributed by atoms with Crippen molar-refractivity contribution in [2.24, 2.45) is 0 Å². The van der Waals surface area contributed by atoms with Crippen molar-refractivity contribution in [1.29, 1.82) is 0 Å². The molecule has 2 aromatic rings. The summed E-state index contributed by atoms with van der Waals surface area (Å²) in [6.45, 7) is 0. The topological polar surface area (TPSA) is 107 Å². The molecule has 26 heavy (non-hydrogen) atoms. The maximum Gasteiger partial charge on any atom is 0.269 e. The Balaban J connectivity index is 1.60. The van der Waals surface area contributed by atoms with E-state index in [0.717, 1.165) is 12.8 Å². The normalized spacial score (nSPS) is 15.0. The number of anilines is 1. The van der Waals surface area contributed by atoms with Gasteiger partial charge in [-0.15, -0.1) is 5.10 Å². The quantitative estimate of drug-likeness (QED) is 0.433. The smallest absolute Gasteiger partial charge is 0.269 e. The lowest BCUT2D eigenvalue weighted by atomic mass is 9.96. The molecule has 0 bridgehead atoms. The molecule has 1 amide bonds. The first-order valence-electron chi connectivity index (χ1n) is 8.48. The third-order valence-corrected chi connectivity index (χ3v) is 5.45. The van der Waals surface area contributed by atoms with Crippen molar-refractivity contribution in [3.8, 4) is 0 Å². The molecular weight excluding hydrogens is 356 g/mol. The molecular formula is C16H20N6O3S. The molecule has 0 spiro atoms. The molecule has 0 aliphatic heterocycles. The number of nitrogens with zero attached hydrogens (tertiary/aromatic N) is 6. The maximum absolute atomic E-state index is 12.4. The van der Waals surface area contributed by atoms with Crippen LogP contribution in [0.1, 0.15) is 38.1 Å². The molecule has 0 saturated heterocycles. The number of amides is 1. The van der Waals surface area contributed by atoms with Crippen LogP contribution < -0.4 is 4.90 Å². The maximum atomic E-state index is 12.4. The van der Waals surface area contributed by atoms with Gasteiger partial charge in [0.05, 0.1) is 16.7 Å². The van der Waals surface area contributed by atoms with Gasteiger partial charge in [0.25, 0.3) is 5.69 Å². The highest BCUT2D eigenvalue weighted by Gasteiger charge is 2.21. The van der Waals surface area contributed by atoms with Gasteiger partial charge in [-0.05, 0) is 35.4 Å². The van der Waals surface area contributed by atoms with E-state index >= 15 is 0 Å².